The number of aromatic nitrogens is 1. The maximum absolute atomic E-state index is 13.5. The molecule has 0 radical (unpaired) electrons. The van der Waals surface area contributed by atoms with Crippen molar-refractivity contribution in [2.75, 3.05) is 5.32 Å². The second-order valence-electron chi connectivity index (χ2n) is 6.37. The van der Waals surface area contributed by atoms with Crippen LogP contribution < -0.4 is 5.32 Å². The van der Waals surface area contributed by atoms with Gasteiger partial charge in [-0.05, 0) is 61.9 Å². The first-order valence-corrected chi connectivity index (χ1v) is 8.76. The summed E-state index contributed by atoms with van der Waals surface area (Å²) < 4.78 is 15.7. The van der Waals surface area contributed by atoms with E-state index >= 15 is 0 Å². The smallest absolute Gasteiger partial charge is 0.141 e. The summed E-state index contributed by atoms with van der Waals surface area (Å²) in [6.45, 7) is 4.24. The summed E-state index contributed by atoms with van der Waals surface area (Å²) in [5.74, 6) is -0.447. The van der Waals surface area contributed by atoms with Crippen LogP contribution in [0.2, 0.25) is 5.02 Å². The first-order chi connectivity index (χ1) is 12.5. The summed E-state index contributed by atoms with van der Waals surface area (Å²) >= 11 is 5.93. The minimum atomic E-state index is -0.447. The van der Waals surface area contributed by atoms with E-state index in [0.717, 1.165) is 16.9 Å². The molecule has 0 aliphatic carbocycles. The lowest BCUT2D eigenvalue weighted by Crippen LogP contribution is -2.17. The standard InChI is InChI=1S/C21H19ClFN3/c1-14(2)26-11-3-4-20(26)21(16-7-5-15(13-24)6-8-16)25-17-9-10-19(23)18(22)12-17/h3-12,14,21,25H,1-2H3. The van der Waals surface area contributed by atoms with E-state index in [-0.39, 0.29) is 11.1 Å². The van der Waals surface area contributed by atoms with Gasteiger partial charge in [0.2, 0.25) is 0 Å². The molecule has 3 nitrogen and oxygen atoms in total. The maximum Gasteiger partial charge on any atom is 0.141 e. The van der Waals surface area contributed by atoms with E-state index in [1.165, 1.54) is 6.07 Å². The van der Waals surface area contributed by atoms with Crippen LogP contribution in [0.4, 0.5) is 10.1 Å². The Morgan fingerprint density at radius 2 is 1.85 bits per heavy atom. The Kier molecular flexibility index (Phi) is 5.29. The number of hydrogen-bond acceptors (Lipinski definition) is 2. The lowest BCUT2D eigenvalue weighted by Gasteiger charge is -2.24. The van der Waals surface area contributed by atoms with E-state index in [9.17, 15) is 4.39 Å². The first-order valence-electron chi connectivity index (χ1n) is 8.38. The van der Waals surface area contributed by atoms with E-state index in [1.54, 1.807) is 24.3 Å². The first kappa shape index (κ1) is 18.0. The zero-order chi connectivity index (χ0) is 18.7. The van der Waals surface area contributed by atoms with Crippen LogP contribution in [0.15, 0.2) is 60.8 Å². The molecule has 0 aliphatic rings. The molecular weight excluding hydrogens is 349 g/mol. The molecule has 1 heterocycles. The molecule has 3 aromatic rings. The second kappa shape index (κ2) is 7.63. The number of anilines is 1. The molecule has 2 aromatic carbocycles. The molecule has 3 rings (SSSR count). The summed E-state index contributed by atoms with van der Waals surface area (Å²) in [4.78, 5) is 0. The predicted octanol–water partition coefficient (Wildman–Crippen LogP) is 5.93. The molecule has 26 heavy (non-hydrogen) atoms. The Labute approximate surface area is 157 Å². The van der Waals surface area contributed by atoms with Crippen LogP contribution in [-0.2, 0) is 0 Å². The fourth-order valence-electron chi connectivity index (χ4n) is 2.95. The van der Waals surface area contributed by atoms with Gasteiger partial charge in [0.25, 0.3) is 0 Å². The highest BCUT2D eigenvalue weighted by Crippen LogP contribution is 2.30. The van der Waals surface area contributed by atoms with Crippen LogP contribution in [0, 0.1) is 17.1 Å². The number of rotatable bonds is 5. The van der Waals surface area contributed by atoms with Gasteiger partial charge in [0.15, 0.2) is 0 Å². The molecule has 1 aromatic heterocycles. The summed E-state index contributed by atoms with van der Waals surface area (Å²) in [5.41, 5.74) is 3.41. The Morgan fingerprint density at radius 1 is 1.12 bits per heavy atom. The van der Waals surface area contributed by atoms with E-state index < -0.39 is 5.82 Å². The maximum atomic E-state index is 13.5. The van der Waals surface area contributed by atoms with Gasteiger partial charge in [0.1, 0.15) is 5.82 Å². The number of hydrogen-bond donors (Lipinski definition) is 1. The van der Waals surface area contributed by atoms with Gasteiger partial charge in [-0.1, -0.05) is 23.7 Å². The van der Waals surface area contributed by atoms with E-state index in [4.69, 9.17) is 16.9 Å². The highest BCUT2D eigenvalue weighted by atomic mass is 35.5. The lowest BCUT2D eigenvalue weighted by atomic mass is 10.0. The van der Waals surface area contributed by atoms with E-state index in [2.05, 4.69) is 35.9 Å². The van der Waals surface area contributed by atoms with Gasteiger partial charge in [0.05, 0.1) is 22.7 Å². The lowest BCUT2D eigenvalue weighted by molar-refractivity contribution is 0.569. The molecule has 5 heteroatoms. The Hall–Kier alpha value is -2.77. The van der Waals surface area contributed by atoms with Gasteiger partial charge in [-0.2, -0.15) is 5.26 Å². The van der Waals surface area contributed by atoms with Crippen LogP contribution in [0.25, 0.3) is 0 Å². The van der Waals surface area contributed by atoms with Crippen LogP contribution in [0.5, 0.6) is 0 Å². The van der Waals surface area contributed by atoms with Crippen LogP contribution in [0.1, 0.15) is 42.8 Å². The third-order valence-electron chi connectivity index (χ3n) is 4.27. The van der Waals surface area contributed by atoms with Crippen molar-refractivity contribution in [3.05, 3.63) is 88.5 Å². The normalized spacial score (nSPS) is 12.0. The zero-order valence-electron chi connectivity index (χ0n) is 14.6. The van der Waals surface area contributed by atoms with Crippen molar-refractivity contribution in [1.29, 1.82) is 5.26 Å². The minimum Gasteiger partial charge on any atom is -0.373 e. The van der Waals surface area contributed by atoms with Gasteiger partial charge in [0, 0.05) is 23.6 Å². The summed E-state index contributed by atoms with van der Waals surface area (Å²) in [6.07, 6.45) is 2.04. The molecule has 1 N–H and O–H groups in total. The van der Waals surface area contributed by atoms with Gasteiger partial charge < -0.3 is 9.88 Å². The SMILES string of the molecule is CC(C)n1cccc1C(Nc1ccc(F)c(Cl)c1)c1ccc(C#N)cc1. The largest absolute Gasteiger partial charge is 0.373 e. The Balaban J connectivity index is 2.04. The number of nitrogens with zero attached hydrogens (tertiary/aromatic N) is 2. The number of nitrogens with one attached hydrogen (secondary N) is 1. The molecule has 0 saturated carbocycles. The van der Waals surface area contributed by atoms with Gasteiger partial charge in [-0.15, -0.1) is 0 Å². The number of halogens is 2. The molecular formula is C21H19ClFN3. The van der Waals surface area contributed by atoms with Crippen LogP contribution in [0.3, 0.4) is 0 Å². The fraction of sp³-hybridized carbons (Fsp3) is 0.190. The topological polar surface area (TPSA) is 40.8 Å². The molecule has 1 unspecified atom stereocenters. The molecule has 0 saturated heterocycles. The molecule has 0 aliphatic heterocycles. The summed E-state index contributed by atoms with van der Waals surface area (Å²) in [7, 11) is 0. The molecule has 0 spiro atoms. The highest BCUT2D eigenvalue weighted by Gasteiger charge is 2.19. The molecule has 1 atom stereocenters. The quantitative estimate of drug-likeness (QED) is 0.606. The Bertz CT molecular complexity index is 939. The van der Waals surface area contributed by atoms with Gasteiger partial charge in [-0.3, -0.25) is 0 Å². The van der Waals surface area contributed by atoms with Crippen molar-refractivity contribution < 1.29 is 4.39 Å². The van der Waals surface area contributed by atoms with Crippen LogP contribution in [-0.4, -0.2) is 4.57 Å². The monoisotopic (exact) mass is 367 g/mol. The number of nitriles is 1. The zero-order valence-corrected chi connectivity index (χ0v) is 15.3. The van der Waals surface area contributed by atoms with Crippen molar-refractivity contribution >= 4 is 17.3 Å². The predicted molar refractivity (Wildman–Crippen MR) is 103 cm³/mol. The summed E-state index contributed by atoms with van der Waals surface area (Å²) in [5, 5.41) is 12.6. The average Bonchev–Trinajstić information content (AvgIpc) is 3.12. The third-order valence-corrected chi connectivity index (χ3v) is 4.56. The second-order valence-corrected chi connectivity index (χ2v) is 6.78. The van der Waals surface area contributed by atoms with Crippen LogP contribution >= 0.6 is 11.6 Å². The minimum absolute atomic E-state index is 0.0767. The fourth-order valence-corrected chi connectivity index (χ4v) is 3.13. The average molecular weight is 368 g/mol. The van der Waals surface area contributed by atoms with Gasteiger partial charge >= 0.3 is 0 Å². The van der Waals surface area contributed by atoms with Crippen molar-refractivity contribution in [1.82, 2.24) is 4.57 Å². The van der Waals surface area contributed by atoms with Gasteiger partial charge in [-0.25, -0.2) is 4.39 Å². The molecule has 0 fully saturated rings. The molecule has 132 valence electrons. The third kappa shape index (κ3) is 3.74. The highest BCUT2D eigenvalue weighted by molar-refractivity contribution is 6.31. The molecule has 0 bridgehead atoms. The Morgan fingerprint density at radius 3 is 2.46 bits per heavy atom. The van der Waals surface area contributed by atoms with Crippen molar-refractivity contribution in [3.63, 3.8) is 0 Å². The summed E-state index contributed by atoms with van der Waals surface area (Å²) in [6, 6.07) is 18.4. The van der Waals surface area contributed by atoms with Crippen molar-refractivity contribution in [2.45, 2.75) is 25.9 Å². The number of benzene rings is 2. The molecule has 0 amide bonds. The van der Waals surface area contributed by atoms with E-state index in [1.807, 2.05) is 24.4 Å². The van der Waals surface area contributed by atoms with E-state index in [0.29, 0.717) is 11.6 Å². The van der Waals surface area contributed by atoms with Crippen molar-refractivity contribution in [2.24, 2.45) is 0 Å². The van der Waals surface area contributed by atoms with Crippen molar-refractivity contribution in [3.8, 4) is 6.07 Å².